The molecule has 0 amide bonds. The summed E-state index contributed by atoms with van der Waals surface area (Å²) in [6.45, 7) is 8.75. The molecule has 0 aliphatic carbocycles. The predicted molar refractivity (Wildman–Crippen MR) is 101 cm³/mol. The lowest BCUT2D eigenvalue weighted by molar-refractivity contribution is 0.174. The van der Waals surface area contributed by atoms with Gasteiger partial charge in [0, 0.05) is 0 Å². The van der Waals surface area contributed by atoms with Gasteiger partial charge in [0.2, 0.25) is 0 Å². The van der Waals surface area contributed by atoms with Crippen LogP contribution in [-0.4, -0.2) is 24.5 Å². The van der Waals surface area contributed by atoms with Gasteiger partial charge in [0.1, 0.15) is 0 Å². The quantitative estimate of drug-likeness (QED) is 0.319. The van der Waals surface area contributed by atoms with Crippen molar-refractivity contribution in [3.05, 3.63) is 0 Å². The second-order valence-electron chi connectivity index (χ2n) is 7.61. The SMILES string of the molecule is CCCCCCCCC1CCN(CCCCCCCC)CC1. The highest BCUT2D eigenvalue weighted by Gasteiger charge is 2.18. The Balaban J connectivity index is 1.88. The summed E-state index contributed by atoms with van der Waals surface area (Å²) in [5, 5.41) is 0. The Kier molecular flexibility index (Phi) is 13.2. The summed E-state index contributed by atoms with van der Waals surface area (Å²) < 4.78 is 0. The summed E-state index contributed by atoms with van der Waals surface area (Å²) in [6, 6.07) is 0. The topological polar surface area (TPSA) is 3.24 Å². The van der Waals surface area contributed by atoms with Gasteiger partial charge in [-0.25, -0.2) is 0 Å². The summed E-state index contributed by atoms with van der Waals surface area (Å²) >= 11 is 0. The Labute approximate surface area is 141 Å². The van der Waals surface area contributed by atoms with E-state index in [4.69, 9.17) is 0 Å². The number of likely N-dealkylation sites (tertiary alicyclic amines) is 1. The van der Waals surface area contributed by atoms with E-state index in [1.807, 2.05) is 0 Å². The molecule has 0 aromatic carbocycles. The van der Waals surface area contributed by atoms with Crippen molar-refractivity contribution in [2.75, 3.05) is 19.6 Å². The Morgan fingerprint density at radius 3 is 1.73 bits per heavy atom. The normalized spacial score (nSPS) is 17.2. The third kappa shape index (κ3) is 10.6. The number of rotatable bonds is 14. The molecule has 0 spiro atoms. The molecule has 0 atom stereocenters. The van der Waals surface area contributed by atoms with Gasteiger partial charge < -0.3 is 4.90 Å². The van der Waals surface area contributed by atoms with Crippen LogP contribution in [0.4, 0.5) is 0 Å². The molecule has 1 saturated heterocycles. The van der Waals surface area contributed by atoms with E-state index in [2.05, 4.69) is 18.7 Å². The summed E-state index contributed by atoms with van der Waals surface area (Å²) in [5.41, 5.74) is 0. The zero-order valence-electron chi connectivity index (χ0n) is 15.8. The molecule has 0 bridgehead atoms. The van der Waals surface area contributed by atoms with Crippen LogP contribution < -0.4 is 0 Å². The molecule has 1 aliphatic rings. The summed E-state index contributed by atoms with van der Waals surface area (Å²) in [7, 11) is 0. The minimum absolute atomic E-state index is 1.05. The van der Waals surface area contributed by atoms with Crippen LogP contribution >= 0.6 is 0 Å². The van der Waals surface area contributed by atoms with E-state index < -0.39 is 0 Å². The van der Waals surface area contributed by atoms with Crippen LogP contribution in [0.3, 0.4) is 0 Å². The maximum absolute atomic E-state index is 2.73. The molecular weight excluding hydrogens is 266 g/mol. The Bertz CT molecular complexity index is 194. The van der Waals surface area contributed by atoms with Crippen LogP contribution in [0.15, 0.2) is 0 Å². The van der Waals surface area contributed by atoms with Crippen LogP contribution in [0.5, 0.6) is 0 Å². The van der Waals surface area contributed by atoms with Crippen LogP contribution in [0.2, 0.25) is 0 Å². The van der Waals surface area contributed by atoms with Crippen molar-refractivity contribution in [3.8, 4) is 0 Å². The molecule has 0 aromatic rings. The van der Waals surface area contributed by atoms with Crippen molar-refractivity contribution >= 4 is 0 Å². The van der Waals surface area contributed by atoms with Gasteiger partial charge in [-0.15, -0.1) is 0 Å². The summed E-state index contributed by atoms with van der Waals surface area (Å²) in [5.74, 6) is 1.05. The first-order valence-electron chi connectivity index (χ1n) is 10.6. The van der Waals surface area contributed by atoms with Crippen molar-refractivity contribution in [2.24, 2.45) is 5.92 Å². The minimum atomic E-state index is 1.05. The molecule has 1 fully saturated rings. The molecule has 1 rings (SSSR count). The molecule has 0 radical (unpaired) electrons. The van der Waals surface area contributed by atoms with E-state index >= 15 is 0 Å². The number of unbranched alkanes of at least 4 members (excludes halogenated alkanes) is 10. The van der Waals surface area contributed by atoms with Crippen LogP contribution in [0, 0.1) is 5.92 Å². The Morgan fingerprint density at radius 2 is 1.14 bits per heavy atom. The molecule has 1 heteroatoms. The van der Waals surface area contributed by atoms with Crippen LogP contribution in [-0.2, 0) is 0 Å². The molecule has 22 heavy (non-hydrogen) atoms. The molecule has 0 N–H and O–H groups in total. The Hall–Kier alpha value is -0.0400. The fourth-order valence-electron chi connectivity index (χ4n) is 3.83. The van der Waals surface area contributed by atoms with E-state index in [0.717, 1.165) is 5.92 Å². The van der Waals surface area contributed by atoms with E-state index in [9.17, 15) is 0 Å². The molecule has 0 saturated carbocycles. The van der Waals surface area contributed by atoms with Gasteiger partial charge in [0.15, 0.2) is 0 Å². The third-order valence-corrected chi connectivity index (χ3v) is 5.50. The lowest BCUT2D eigenvalue weighted by Crippen LogP contribution is -2.34. The second kappa shape index (κ2) is 14.5. The molecule has 1 nitrogen and oxygen atoms in total. The highest BCUT2D eigenvalue weighted by Crippen LogP contribution is 2.23. The lowest BCUT2D eigenvalue weighted by Gasteiger charge is -2.32. The monoisotopic (exact) mass is 309 g/mol. The minimum Gasteiger partial charge on any atom is -0.303 e. The number of nitrogens with zero attached hydrogens (tertiary/aromatic N) is 1. The van der Waals surface area contributed by atoms with Gasteiger partial charge in [-0.1, -0.05) is 90.9 Å². The highest BCUT2D eigenvalue weighted by molar-refractivity contribution is 4.72. The fourth-order valence-corrected chi connectivity index (χ4v) is 3.83. The van der Waals surface area contributed by atoms with Gasteiger partial charge in [-0.2, -0.15) is 0 Å². The molecular formula is C21H43N. The van der Waals surface area contributed by atoms with Crippen molar-refractivity contribution in [1.82, 2.24) is 4.90 Å². The zero-order valence-corrected chi connectivity index (χ0v) is 15.8. The molecule has 1 aliphatic heterocycles. The van der Waals surface area contributed by atoms with Gasteiger partial charge in [0.05, 0.1) is 0 Å². The Morgan fingerprint density at radius 1 is 0.636 bits per heavy atom. The molecule has 1 heterocycles. The molecule has 0 aromatic heterocycles. The first kappa shape index (κ1) is 20.0. The molecule has 0 unspecified atom stereocenters. The first-order valence-corrected chi connectivity index (χ1v) is 10.6. The maximum atomic E-state index is 2.73. The van der Waals surface area contributed by atoms with Crippen LogP contribution in [0.1, 0.15) is 110 Å². The van der Waals surface area contributed by atoms with Crippen molar-refractivity contribution in [3.63, 3.8) is 0 Å². The highest BCUT2D eigenvalue weighted by atomic mass is 15.1. The smallest absolute Gasteiger partial charge is 0.00161 e. The van der Waals surface area contributed by atoms with Gasteiger partial charge in [-0.05, 0) is 44.8 Å². The zero-order chi connectivity index (χ0) is 15.9. The molecule has 132 valence electrons. The van der Waals surface area contributed by atoms with Crippen LogP contribution in [0.25, 0.3) is 0 Å². The van der Waals surface area contributed by atoms with Gasteiger partial charge in [0.25, 0.3) is 0 Å². The number of hydrogen-bond acceptors (Lipinski definition) is 1. The summed E-state index contributed by atoms with van der Waals surface area (Å²) in [6.07, 6.45) is 21.8. The van der Waals surface area contributed by atoms with E-state index in [-0.39, 0.29) is 0 Å². The lowest BCUT2D eigenvalue weighted by atomic mass is 9.91. The van der Waals surface area contributed by atoms with Gasteiger partial charge in [-0.3, -0.25) is 0 Å². The average Bonchev–Trinajstić information content (AvgIpc) is 2.55. The predicted octanol–water partition coefficient (Wildman–Crippen LogP) is 6.81. The third-order valence-electron chi connectivity index (χ3n) is 5.50. The van der Waals surface area contributed by atoms with E-state index in [1.54, 1.807) is 0 Å². The van der Waals surface area contributed by atoms with Crippen molar-refractivity contribution < 1.29 is 0 Å². The first-order chi connectivity index (χ1) is 10.9. The van der Waals surface area contributed by atoms with E-state index in [1.165, 1.54) is 116 Å². The van der Waals surface area contributed by atoms with Crippen molar-refractivity contribution in [2.45, 2.75) is 110 Å². The number of hydrogen-bond donors (Lipinski definition) is 0. The largest absolute Gasteiger partial charge is 0.303 e. The number of piperidine rings is 1. The summed E-state index contributed by atoms with van der Waals surface area (Å²) in [4.78, 5) is 2.73. The maximum Gasteiger partial charge on any atom is -0.00161 e. The second-order valence-corrected chi connectivity index (χ2v) is 7.61. The van der Waals surface area contributed by atoms with E-state index in [0.29, 0.717) is 0 Å². The average molecular weight is 310 g/mol. The standard InChI is InChI=1S/C21H43N/c1-3-5-7-9-11-13-15-21-16-19-22(20-17-21)18-14-12-10-8-6-4-2/h21H,3-20H2,1-2H3. The van der Waals surface area contributed by atoms with Gasteiger partial charge >= 0.3 is 0 Å². The fraction of sp³-hybridized carbons (Fsp3) is 1.00. The van der Waals surface area contributed by atoms with Crippen molar-refractivity contribution in [1.29, 1.82) is 0 Å².